The van der Waals surface area contributed by atoms with Crippen LogP contribution in [0.3, 0.4) is 0 Å². The van der Waals surface area contributed by atoms with E-state index in [-0.39, 0.29) is 29.7 Å². The van der Waals surface area contributed by atoms with Gasteiger partial charge in [-0.05, 0) is 38.8 Å². The SMILES string of the molecule is CCNC(=NCc1ccccc1CN1CCOCC1)NCCS(=O)(=O)C(C)(C)C.I. The molecule has 30 heavy (non-hydrogen) atoms. The van der Waals surface area contributed by atoms with Crippen molar-refractivity contribution in [1.29, 1.82) is 0 Å². The Hall–Kier alpha value is -0.910. The van der Waals surface area contributed by atoms with Gasteiger partial charge in [-0.1, -0.05) is 24.3 Å². The van der Waals surface area contributed by atoms with Crippen molar-refractivity contribution in [3.8, 4) is 0 Å². The largest absolute Gasteiger partial charge is 0.379 e. The van der Waals surface area contributed by atoms with Crippen molar-refractivity contribution in [2.75, 3.05) is 45.1 Å². The number of aliphatic imine (C=N–C) groups is 1. The van der Waals surface area contributed by atoms with Crippen LogP contribution in [0.15, 0.2) is 29.3 Å². The lowest BCUT2D eigenvalue weighted by Crippen LogP contribution is -2.41. The van der Waals surface area contributed by atoms with Gasteiger partial charge in [0.1, 0.15) is 0 Å². The van der Waals surface area contributed by atoms with Gasteiger partial charge in [-0.25, -0.2) is 13.4 Å². The summed E-state index contributed by atoms with van der Waals surface area (Å²) in [4.78, 5) is 7.07. The molecule has 1 aliphatic heterocycles. The lowest BCUT2D eigenvalue weighted by atomic mass is 10.1. The molecule has 0 amide bonds. The van der Waals surface area contributed by atoms with Crippen LogP contribution in [0.2, 0.25) is 0 Å². The van der Waals surface area contributed by atoms with E-state index in [2.05, 4.69) is 38.7 Å². The van der Waals surface area contributed by atoms with E-state index in [0.717, 1.165) is 32.8 Å². The fraction of sp³-hybridized carbons (Fsp3) is 0.667. The number of guanidine groups is 1. The first-order valence-electron chi connectivity index (χ1n) is 10.3. The smallest absolute Gasteiger partial charge is 0.191 e. The van der Waals surface area contributed by atoms with Crippen molar-refractivity contribution >= 4 is 39.8 Å². The average Bonchev–Trinajstić information content (AvgIpc) is 2.67. The molecule has 172 valence electrons. The molecule has 0 saturated carbocycles. The number of hydrogen-bond donors (Lipinski definition) is 2. The van der Waals surface area contributed by atoms with Gasteiger partial charge < -0.3 is 15.4 Å². The molecule has 1 aromatic carbocycles. The summed E-state index contributed by atoms with van der Waals surface area (Å²) in [6, 6.07) is 8.34. The molecule has 9 heteroatoms. The van der Waals surface area contributed by atoms with E-state index in [4.69, 9.17) is 4.74 Å². The summed E-state index contributed by atoms with van der Waals surface area (Å²) in [5.74, 6) is 0.715. The molecule has 1 heterocycles. The minimum absolute atomic E-state index is 0. The number of halogens is 1. The summed E-state index contributed by atoms with van der Waals surface area (Å²) >= 11 is 0. The van der Waals surface area contributed by atoms with Crippen molar-refractivity contribution in [1.82, 2.24) is 15.5 Å². The quantitative estimate of drug-likeness (QED) is 0.293. The number of sulfone groups is 1. The zero-order valence-electron chi connectivity index (χ0n) is 18.6. The number of ether oxygens (including phenoxy) is 1. The summed E-state index contributed by atoms with van der Waals surface area (Å²) in [5.41, 5.74) is 2.45. The molecule has 7 nitrogen and oxygen atoms in total. The maximum Gasteiger partial charge on any atom is 0.191 e. The molecular weight excluding hydrogens is 515 g/mol. The van der Waals surface area contributed by atoms with Gasteiger partial charge in [0.25, 0.3) is 0 Å². The highest BCUT2D eigenvalue weighted by molar-refractivity contribution is 14.0. The summed E-state index contributed by atoms with van der Waals surface area (Å²) in [6.45, 7) is 13.1. The van der Waals surface area contributed by atoms with Crippen molar-refractivity contribution in [2.24, 2.45) is 4.99 Å². The second-order valence-corrected chi connectivity index (χ2v) is 11.1. The number of rotatable bonds is 8. The molecular formula is C21H37IN4O3S. The molecule has 1 aliphatic rings. The van der Waals surface area contributed by atoms with Gasteiger partial charge in [0.2, 0.25) is 0 Å². The number of nitrogens with one attached hydrogen (secondary N) is 2. The minimum Gasteiger partial charge on any atom is -0.379 e. The maximum absolute atomic E-state index is 12.3. The molecule has 0 aromatic heterocycles. The molecule has 1 saturated heterocycles. The molecule has 0 bridgehead atoms. The van der Waals surface area contributed by atoms with Crippen LogP contribution in [-0.2, 0) is 27.7 Å². The van der Waals surface area contributed by atoms with Gasteiger partial charge in [0.05, 0.1) is 30.3 Å². The van der Waals surface area contributed by atoms with E-state index >= 15 is 0 Å². The highest BCUT2D eigenvalue weighted by atomic mass is 127. The predicted molar refractivity (Wildman–Crippen MR) is 134 cm³/mol. The van der Waals surface area contributed by atoms with Crippen molar-refractivity contribution in [3.63, 3.8) is 0 Å². The standard InChI is InChI=1S/C21H36N4O3S.HI/c1-5-22-20(23-10-15-29(26,27)21(2,3)4)24-16-18-8-6-7-9-19(18)17-25-11-13-28-14-12-25;/h6-9H,5,10-17H2,1-4H3,(H2,22,23,24);1H. The van der Waals surface area contributed by atoms with Crippen molar-refractivity contribution in [2.45, 2.75) is 45.5 Å². The summed E-state index contributed by atoms with van der Waals surface area (Å²) in [6.07, 6.45) is 0. The zero-order valence-corrected chi connectivity index (χ0v) is 21.8. The Morgan fingerprint density at radius 3 is 2.37 bits per heavy atom. The van der Waals surface area contributed by atoms with Gasteiger partial charge in [0, 0.05) is 32.7 Å². The Morgan fingerprint density at radius 2 is 1.77 bits per heavy atom. The molecule has 0 atom stereocenters. The fourth-order valence-corrected chi connectivity index (χ4v) is 3.97. The van der Waals surface area contributed by atoms with Crippen LogP contribution in [0.4, 0.5) is 0 Å². The molecule has 0 aliphatic carbocycles. The number of morpholine rings is 1. The van der Waals surface area contributed by atoms with Crippen LogP contribution < -0.4 is 10.6 Å². The monoisotopic (exact) mass is 552 g/mol. The molecule has 2 rings (SSSR count). The summed E-state index contributed by atoms with van der Waals surface area (Å²) < 4.78 is 29.3. The first kappa shape index (κ1) is 27.1. The molecule has 0 unspecified atom stereocenters. The molecule has 0 radical (unpaired) electrons. The normalized spacial score (nSPS) is 16.1. The summed E-state index contributed by atoms with van der Waals surface area (Å²) in [7, 11) is -3.16. The topological polar surface area (TPSA) is 83.0 Å². The first-order valence-corrected chi connectivity index (χ1v) is 12.0. The minimum atomic E-state index is -3.16. The average molecular weight is 553 g/mol. The Morgan fingerprint density at radius 1 is 1.13 bits per heavy atom. The Bertz CT molecular complexity index is 773. The number of hydrogen-bond acceptors (Lipinski definition) is 5. The molecule has 0 spiro atoms. The Kier molecular flexibility index (Phi) is 11.6. The highest BCUT2D eigenvalue weighted by Crippen LogP contribution is 2.16. The molecule has 1 fully saturated rings. The Balaban J connectivity index is 0.00000450. The van der Waals surface area contributed by atoms with Crippen LogP contribution in [0.1, 0.15) is 38.8 Å². The second kappa shape index (κ2) is 12.8. The van der Waals surface area contributed by atoms with E-state index < -0.39 is 14.6 Å². The van der Waals surface area contributed by atoms with Crippen LogP contribution in [-0.4, -0.2) is 69.2 Å². The molecule has 1 aromatic rings. The van der Waals surface area contributed by atoms with Crippen molar-refractivity contribution < 1.29 is 13.2 Å². The van der Waals surface area contributed by atoms with E-state index in [1.807, 2.05) is 13.0 Å². The Labute approximate surface area is 199 Å². The highest BCUT2D eigenvalue weighted by Gasteiger charge is 2.28. The maximum atomic E-state index is 12.3. The third-order valence-electron chi connectivity index (χ3n) is 4.96. The van der Waals surface area contributed by atoms with Gasteiger partial charge in [-0.15, -0.1) is 24.0 Å². The van der Waals surface area contributed by atoms with E-state index in [1.54, 1.807) is 20.8 Å². The van der Waals surface area contributed by atoms with Gasteiger partial charge in [-0.3, -0.25) is 4.90 Å². The van der Waals surface area contributed by atoms with Crippen LogP contribution in [0.25, 0.3) is 0 Å². The van der Waals surface area contributed by atoms with Gasteiger partial charge >= 0.3 is 0 Å². The lowest BCUT2D eigenvalue weighted by molar-refractivity contribution is 0.0341. The first-order chi connectivity index (χ1) is 13.7. The van der Waals surface area contributed by atoms with Crippen LogP contribution in [0.5, 0.6) is 0 Å². The summed E-state index contributed by atoms with van der Waals surface area (Å²) in [5, 5.41) is 6.35. The van der Waals surface area contributed by atoms with Crippen LogP contribution in [0, 0.1) is 0 Å². The van der Waals surface area contributed by atoms with E-state index in [9.17, 15) is 8.42 Å². The van der Waals surface area contributed by atoms with Gasteiger partial charge in [-0.2, -0.15) is 0 Å². The third-order valence-corrected chi connectivity index (χ3v) is 7.57. The van der Waals surface area contributed by atoms with Gasteiger partial charge in [0.15, 0.2) is 15.8 Å². The van der Waals surface area contributed by atoms with Crippen molar-refractivity contribution in [3.05, 3.63) is 35.4 Å². The predicted octanol–water partition coefficient (Wildman–Crippen LogP) is 2.41. The zero-order chi connectivity index (χ0) is 21.3. The number of benzene rings is 1. The fourth-order valence-electron chi connectivity index (χ4n) is 2.98. The lowest BCUT2D eigenvalue weighted by Gasteiger charge is -2.27. The number of nitrogens with zero attached hydrogens (tertiary/aromatic N) is 2. The van der Waals surface area contributed by atoms with E-state index in [0.29, 0.717) is 25.6 Å². The third kappa shape index (κ3) is 8.68. The molecule has 2 N–H and O–H groups in total. The van der Waals surface area contributed by atoms with Crippen LogP contribution >= 0.6 is 24.0 Å². The second-order valence-electron chi connectivity index (χ2n) is 8.21. The van der Waals surface area contributed by atoms with E-state index in [1.165, 1.54) is 11.1 Å².